The Hall–Kier alpha value is 0.290. The number of rotatable bonds is 10. The molecule has 2 unspecified atom stereocenters. The van der Waals surface area contributed by atoms with Gasteiger partial charge in [0.15, 0.2) is 0 Å². The first-order chi connectivity index (χ1) is 9.30. The molecule has 0 aliphatic carbocycles. The number of hydrogen-bond acceptors (Lipinski definition) is 9. The van der Waals surface area contributed by atoms with Gasteiger partial charge in [0.1, 0.15) is 0 Å². The van der Waals surface area contributed by atoms with Gasteiger partial charge in [0, 0.05) is 0 Å². The predicted octanol–water partition coefficient (Wildman–Crippen LogP) is -1.71. The van der Waals surface area contributed by atoms with Crippen molar-refractivity contribution in [2.24, 2.45) is 5.41 Å². The largest absolute Gasteiger partial charge is 0.490 e. The van der Waals surface area contributed by atoms with Gasteiger partial charge in [-0.2, -0.15) is 8.62 Å². The van der Waals surface area contributed by atoms with Crippen molar-refractivity contribution in [1.29, 1.82) is 0 Å². The van der Waals surface area contributed by atoms with Gasteiger partial charge in [-0.1, -0.05) is 0 Å². The molecule has 0 heterocycles. The van der Waals surface area contributed by atoms with E-state index >= 15 is 0 Å². The summed E-state index contributed by atoms with van der Waals surface area (Å²) in [6.07, 6.45) is 0. The van der Waals surface area contributed by atoms with Crippen molar-refractivity contribution in [2.75, 3.05) is 26.4 Å². The average molecular weight is 376 g/mol. The number of aliphatic hydroxyl groups excluding tert-OH is 3. The van der Waals surface area contributed by atoms with Crippen LogP contribution in [0.5, 0.6) is 0 Å². The van der Waals surface area contributed by atoms with Gasteiger partial charge in [-0.15, -0.1) is 0 Å². The lowest BCUT2D eigenvalue weighted by Gasteiger charge is -2.27. The Balaban J connectivity index is 4.82. The van der Waals surface area contributed by atoms with Crippen molar-refractivity contribution in [2.45, 2.75) is 0 Å². The molecule has 0 aromatic heterocycles. The Labute approximate surface area is 118 Å². The zero-order chi connectivity index (χ0) is 16.9. The van der Waals surface area contributed by atoms with Crippen LogP contribution in [0.4, 0.5) is 0 Å². The van der Waals surface area contributed by atoms with Crippen molar-refractivity contribution >= 4 is 23.5 Å². The molecule has 0 fully saturated rings. The monoisotopic (exact) mass is 376 g/mol. The second kappa shape index (κ2) is 7.71. The van der Waals surface area contributed by atoms with E-state index in [2.05, 4.69) is 13.1 Å². The topological polar surface area (TPSA) is 221 Å². The standard InChI is InChI=1S/C5H15O13P3/c6-1-5(2-7,3-8)4-16-20(12,13)18-21(14,15)17-19(9,10)11/h6-8H,1-4H2,(H,12,13)(H,14,15)(H2,9,10,11). The summed E-state index contributed by atoms with van der Waals surface area (Å²) in [5.74, 6) is 0. The highest BCUT2D eigenvalue weighted by Gasteiger charge is 2.42. The quantitative estimate of drug-likeness (QED) is 0.211. The summed E-state index contributed by atoms with van der Waals surface area (Å²) in [4.78, 5) is 34.5. The van der Waals surface area contributed by atoms with Crippen LogP contribution in [0.25, 0.3) is 0 Å². The maximum absolute atomic E-state index is 11.3. The van der Waals surface area contributed by atoms with E-state index in [1.54, 1.807) is 0 Å². The molecular formula is C5H15O13P3. The molecule has 7 N–H and O–H groups in total. The van der Waals surface area contributed by atoms with Crippen molar-refractivity contribution in [1.82, 2.24) is 0 Å². The highest BCUT2D eigenvalue weighted by Crippen LogP contribution is 2.66. The fraction of sp³-hybridized carbons (Fsp3) is 1.00. The van der Waals surface area contributed by atoms with Gasteiger partial charge in [-0.3, -0.25) is 4.52 Å². The van der Waals surface area contributed by atoms with Crippen LogP contribution in [0.3, 0.4) is 0 Å². The van der Waals surface area contributed by atoms with Crippen LogP contribution in [0, 0.1) is 5.41 Å². The molecule has 0 aliphatic rings. The van der Waals surface area contributed by atoms with Gasteiger partial charge in [0.2, 0.25) is 0 Å². The first kappa shape index (κ1) is 21.3. The molecular weight excluding hydrogens is 361 g/mol. The van der Waals surface area contributed by atoms with Crippen LogP contribution in [0.15, 0.2) is 0 Å². The van der Waals surface area contributed by atoms with E-state index in [4.69, 9.17) is 34.9 Å². The maximum atomic E-state index is 11.3. The highest BCUT2D eigenvalue weighted by atomic mass is 31.3. The zero-order valence-corrected chi connectivity index (χ0v) is 12.9. The number of phosphoric acid groups is 3. The molecule has 0 aliphatic heterocycles. The smallest absolute Gasteiger partial charge is 0.396 e. The van der Waals surface area contributed by atoms with Crippen molar-refractivity contribution in [3.8, 4) is 0 Å². The summed E-state index contributed by atoms with van der Waals surface area (Å²) in [6, 6.07) is 0. The summed E-state index contributed by atoms with van der Waals surface area (Å²) in [7, 11) is -16.5. The van der Waals surface area contributed by atoms with E-state index in [1.165, 1.54) is 0 Å². The van der Waals surface area contributed by atoms with Gasteiger partial charge < -0.3 is 34.9 Å². The summed E-state index contributed by atoms with van der Waals surface area (Å²) < 4.78 is 43.7. The molecule has 0 aromatic rings. The number of hydrogen-bond donors (Lipinski definition) is 7. The van der Waals surface area contributed by atoms with Crippen LogP contribution in [-0.2, 0) is 26.8 Å². The van der Waals surface area contributed by atoms with Gasteiger partial charge in [-0.25, -0.2) is 13.7 Å². The van der Waals surface area contributed by atoms with E-state index in [1.807, 2.05) is 0 Å². The normalized spacial score (nSPS) is 19.0. The van der Waals surface area contributed by atoms with Gasteiger partial charge >= 0.3 is 23.5 Å². The average Bonchev–Trinajstić information content (AvgIpc) is 2.26. The summed E-state index contributed by atoms with van der Waals surface area (Å²) in [5, 5.41) is 26.7. The summed E-state index contributed by atoms with van der Waals surface area (Å²) in [6.45, 7) is -3.57. The molecule has 0 spiro atoms. The lowest BCUT2D eigenvalue weighted by molar-refractivity contribution is -0.0316. The Morgan fingerprint density at radius 1 is 0.762 bits per heavy atom. The van der Waals surface area contributed by atoms with Crippen molar-refractivity contribution in [3.05, 3.63) is 0 Å². The minimum absolute atomic E-state index is 0.865. The molecule has 0 amide bonds. The van der Waals surface area contributed by atoms with Crippen molar-refractivity contribution in [3.63, 3.8) is 0 Å². The molecule has 0 radical (unpaired) electrons. The van der Waals surface area contributed by atoms with Gasteiger partial charge in [0.05, 0.1) is 31.8 Å². The Kier molecular flexibility index (Phi) is 7.82. The fourth-order valence-corrected chi connectivity index (χ4v) is 3.94. The predicted molar refractivity (Wildman–Crippen MR) is 63.5 cm³/mol. The summed E-state index contributed by atoms with van der Waals surface area (Å²) >= 11 is 0. The number of phosphoric ester groups is 1. The minimum atomic E-state index is -5.63. The van der Waals surface area contributed by atoms with E-state index < -0.39 is 55.3 Å². The number of aliphatic hydroxyl groups is 3. The minimum Gasteiger partial charge on any atom is -0.396 e. The maximum Gasteiger partial charge on any atom is 0.490 e. The lowest BCUT2D eigenvalue weighted by atomic mass is 9.93. The Morgan fingerprint density at radius 3 is 1.52 bits per heavy atom. The third kappa shape index (κ3) is 8.48. The second-order valence-corrected chi connectivity index (χ2v) is 8.26. The van der Waals surface area contributed by atoms with Gasteiger partial charge in [-0.05, 0) is 0 Å². The highest BCUT2D eigenvalue weighted by molar-refractivity contribution is 7.66. The van der Waals surface area contributed by atoms with Crippen LogP contribution >= 0.6 is 23.5 Å². The molecule has 16 heteroatoms. The summed E-state index contributed by atoms with van der Waals surface area (Å²) in [5.41, 5.74) is -1.74. The molecule has 0 saturated heterocycles. The third-order valence-electron chi connectivity index (χ3n) is 1.96. The molecule has 0 saturated carbocycles. The fourth-order valence-electron chi connectivity index (χ4n) is 0.809. The van der Waals surface area contributed by atoms with E-state index in [0.717, 1.165) is 0 Å². The molecule has 13 nitrogen and oxygen atoms in total. The van der Waals surface area contributed by atoms with Crippen LogP contribution < -0.4 is 0 Å². The SMILES string of the molecule is O=P(O)(O)OP(=O)(O)OP(=O)(O)OCC(CO)(CO)CO. The molecule has 21 heavy (non-hydrogen) atoms. The third-order valence-corrected chi connectivity index (χ3v) is 5.74. The lowest BCUT2D eigenvalue weighted by Crippen LogP contribution is -2.38. The second-order valence-electron chi connectivity index (χ2n) is 3.84. The van der Waals surface area contributed by atoms with Crippen LogP contribution in [-0.4, -0.2) is 61.3 Å². The molecule has 0 aromatic carbocycles. The van der Waals surface area contributed by atoms with Crippen LogP contribution in [0.1, 0.15) is 0 Å². The van der Waals surface area contributed by atoms with E-state index in [9.17, 15) is 13.7 Å². The van der Waals surface area contributed by atoms with E-state index in [0.29, 0.717) is 0 Å². The van der Waals surface area contributed by atoms with Crippen LogP contribution in [0.2, 0.25) is 0 Å². The molecule has 0 rings (SSSR count). The molecule has 128 valence electrons. The zero-order valence-electron chi connectivity index (χ0n) is 10.3. The molecule has 2 atom stereocenters. The first-order valence-electron chi connectivity index (χ1n) is 4.91. The first-order valence-corrected chi connectivity index (χ1v) is 9.43. The Morgan fingerprint density at radius 2 is 1.19 bits per heavy atom. The molecule has 0 bridgehead atoms. The van der Waals surface area contributed by atoms with Gasteiger partial charge in [0.25, 0.3) is 0 Å². The Bertz CT molecular complexity index is 456. The van der Waals surface area contributed by atoms with Crippen molar-refractivity contribution < 1.29 is 61.7 Å². The van der Waals surface area contributed by atoms with E-state index in [-0.39, 0.29) is 0 Å².